The van der Waals surface area contributed by atoms with Gasteiger partial charge in [-0.2, -0.15) is 0 Å². The Morgan fingerprint density at radius 3 is 1.71 bits per heavy atom. The van der Waals surface area contributed by atoms with Crippen LogP contribution in [0.1, 0.15) is 16.7 Å². The molecule has 0 saturated carbocycles. The van der Waals surface area contributed by atoms with Gasteiger partial charge in [-0.15, -0.1) is 0 Å². The predicted octanol–water partition coefficient (Wildman–Crippen LogP) is 10.2. The van der Waals surface area contributed by atoms with Gasteiger partial charge in [0.25, 0.3) is 0 Å². The Balaban J connectivity index is 1.53. The van der Waals surface area contributed by atoms with Gasteiger partial charge < -0.3 is 4.57 Å². The first-order chi connectivity index (χ1) is 24.1. The van der Waals surface area contributed by atoms with Crippen molar-refractivity contribution in [1.82, 2.24) is 4.57 Å². The Morgan fingerprint density at radius 2 is 1.02 bits per heavy atom. The highest BCUT2D eigenvalue weighted by Crippen LogP contribution is 2.46. The molecule has 230 valence electrons. The van der Waals surface area contributed by atoms with E-state index in [2.05, 4.69) is 177 Å². The number of nitrogens with zero attached hydrogens (tertiary/aromatic N) is 1. The molecule has 1 nitrogen and oxygen atoms in total. The van der Waals surface area contributed by atoms with Gasteiger partial charge in [0.2, 0.25) is 6.71 Å². The van der Waals surface area contributed by atoms with Crippen molar-refractivity contribution in [3.63, 3.8) is 0 Å². The van der Waals surface area contributed by atoms with Gasteiger partial charge in [-0.05, 0) is 87.6 Å². The smallest absolute Gasteiger partial charge is 0.248 e. The second-order valence-corrected chi connectivity index (χ2v) is 13.8. The molecule has 9 aromatic rings. The summed E-state index contributed by atoms with van der Waals surface area (Å²) in [6.45, 7) is 6.90. The van der Waals surface area contributed by atoms with Crippen molar-refractivity contribution in [2.24, 2.45) is 0 Å². The van der Waals surface area contributed by atoms with Gasteiger partial charge in [0, 0.05) is 16.5 Å². The van der Waals surface area contributed by atoms with Crippen molar-refractivity contribution >= 4 is 66.5 Å². The van der Waals surface area contributed by atoms with Crippen LogP contribution in [0.4, 0.5) is 0 Å². The first-order valence-electron chi connectivity index (χ1n) is 17.3. The maximum absolute atomic E-state index is 2.61. The second kappa shape index (κ2) is 10.6. The topological polar surface area (TPSA) is 4.93 Å². The molecule has 0 atom stereocenters. The molecule has 1 aromatic heterocycles. The number of aryl methyl sites for hydroxylation is 3. The molecule has 0 fully saturated rings. The number of hydrogen-bond acceptors (Lipinski definition) is 0. The zero-order valence-electron chi connectivity index (χ0n) is 28.0. The normalized spacial score (nSPS) is 12.3. The molecular weight excluding hydrogens is 589 g/mol. The van der Waals surface area contributed by atoms with Gasteiger partial charge in [0.1, 0.15) is 0 Å². The van der Waals surface area contributed by atoms with Crippen LogP contribution in [-0.2, 0) is 0 Å². The molecule has 0 aliphatic carbocycles. The van der Waals surface area contributed by atoms with E-state index in [-0.39, 0.29) is 6.71 Å². The Kier molecular flexibility index (Phi) is 6.08. The molecule has 0 radical (unpaired) electrons. The van der Waals surface area contributed by atoms with E-state index in [0.717, 1.165) is 0 Å². The molecule has 0 saturated heterocycles. The SMILES string of the molecule is Cc1cc(C)c(B2c3ccccc3-n3c4cc(-c5ccccc5)c5ccccc5c4c4c5ccccc5c(-c5ccccc5)c2c43)c(C)c1. The molecule has 0 N–H and O–H groups in total. The summed E-state index contributed by atoms with van der Waals surface area (Å²) in [5.74, 6) is 0. The molecule has 0 unspecified atom stereocenters. The van der Waals surface area contributed by atoms with Crippen LogP contribution in [-0.4, -0.2) is 11.3 Å². The molecule has 8 aromatic carbocycles. The van der Waals surface area contributed by atoms with E-state index < -0.39 is 0 Å². The van der Waals surface area contributed by atoms with Gasteiger partial charge in [-0.3, -0.25) is 0 Å². The van der Waals surface area contributed by atoms with E-state index in [0.29, 0.717) is 0 Å². The van der Waals surface area contributed by atoms with Gasteiger partial charge >= 0.3 is 0 Å². The molecule has 49 heavy (non-hydrogen) atoms. The quantitative estimate of drug-likeness (QED) is 0.173. The van der Waals surface area contributed by atoms with Crippen molar-refractivity contribution in [2.75, 3.05) is 0 Å². The number of benzene rings is 8. The largest absolute Gasteiger partial charge is 0.310 e. The summed E-state index contributed by atoms with van der Waals surface area (Å²) in [5, 5.41) is 7.86. The molecule has 0 spiro atoms. The number of para-hydroxylation sites is 1. The summed E-state index contributed by atoms with van der Waals surface area (Å²) in [7, 11) is 0. The Hall–Kier alpha value is -5.86. The Labute approximate surface area is 287 Å². The maximum Gasteiger partial charge on any atom is 0.248 e. The summed E-state index contributed by atoms with van der Waals surface area (Å²) in [6.07, 6.45) is 0. The third-order valence-electron chi connectivity index (χ3n) is 10.9. The fraction of sp³-hybridized carbons (Fsp3) is 0.0638. The third kappa shape index (κ3) is 3.95. The van der Waals surface area contributed by atoms with E-state index in [1.165, 1.54) is 104 Å². The lowest BCUT2D eigenvalue weighted by atomic mass is 9.33. The second-order valence-electron chi connectivity index (χ2n) is 13.8. The lowest BCUT2D eigenvalue weighted by molar-refractivity contribution is 1.19. The van der Waals surface area contributed by atoms with Crippen LogP contribution in [0, 0.1) is 20.8 Å². The van der Waals surface area contributed by atoms with Crippen LogP contribution in [0.25, 0.3) is 71.3 Å². The van der Waals surface area contributed by atoms with Crippen LogP contribution in [0.15, 0.2) is 152 Å². The van der Waals surface area contributed by atoms with Crippen LogP contribution in [0.5, 0.6) is 0 Å². The number of fused-ring (bicyclic) bond motifs is 9. The first kappa shape index (κ1) is 28.2. The summed E-state index contributed by atoms with van der Waals surface area (Å²) in [4.78, 5) is 0. The molecule has 0 bridgehead atoms. The molecule has 2 heteroatoms. The van der Waals surface area contributed by atoms with E-state index in [4.69, 9.17) is 0 Å². The summed E-state index contributed by atoms with van der Waals surface area (Å²) in [5.41, 5.74) is 17.1. The standard InChI is InChI=1S/C47H34BN/c1-29-26-30(2)45(31(3)27-29)48-39-24-14-15-25-40(39)49-41-28-38(32-16-6-4-7-17-32)34-20-10-11-21-35(34)43(41)44-37-23-13-12-22-36(37)42(46(48)47(44)49)33-18-8-5-9-19-33/h4-28H,1-3H3. The van der Waals surface area contributed by atoms with Gasteiger partial charge in [0.15, 0.2) is 0 Å². The average molecular weight is 624 g/mol. The Bertz CT molecular complexity index is 2770. The predicted molar refractivity (Wildman–Crippen MR) is 212 cm³/mol. The van der Waals surface area contributed by atoms with Gasteiger partial charge in [-0.1, -0.05) is 162 Å². The van der Waals surface area contributed by atoms with Crippen molar-refractivity contribution in [2.45, 2.75) is 20.8 Å². The Morgan fingerprint density at radius 1 is 0.469 bits per heavy atom. The summed E-state index contributed by atoms with van der Waals surface area (Å²) >= 11 is 0. The molecular formula is C47H34BN. The monoisotopic (exact) mass is 623 g/mol. The summed E-state index contributed by atoms with van der Waals surface area (Å²) < 4.78 is 2.61. The van der Waals surface area contributed by atoms with Gasteiger partial charge in [-0.25, -0.2) is 0 Å². The lowest BCUT2D eigenvalue weighted by Crippen LogP contribution is -2.58. The summed E-state index contributed by atoms with van der Waals surface area (Å²) in [6, 6.07) is 56.5. The van der Waals surface area contributed by atoms with Crippen molar-refractivity contribution < 1.29 is 0 Å². The van der Waals surface area contributed by atoms with E-state index in [1.807, 2.05) is 0 Å². The molecule has 10 rings (SSSR count). The van der Waals surface area contributed by atoms with E-state index in [9.17, 15) is 0 Å². The zero-order chi connectivity index (χ0) is 32.8. The fourth-order valence-corrected chi connectivity index (χ4v) is 9.19. The molecule has 1 aliphatic heterocycles. The van der Waals surface area contributed by atoms with E-state index in [1.54, 1.807) is 0 Å². The van der Waals surface area contributed by atoms with E-state index >= 15 is 0 Å². The molecule has 0 amide bonds. The zero-order valence-corrected chi connectivity index (χ0v) is 28.0. The molecule has 2 heterocycles. The van der Waals surface area contributed by atoms with Crippen molar-refractivity contribution in [3.8, 4) is 27.9 Å². The minimum absolute atomic E-state index is 0.0655. The highest BCUT2D eigenvalue weighted by molar-refractivity contribution is 6.99. The minimum atomic E-state index is 0.0655. The highest BCUT2D eigenvalue weighted by atomic mass is 15.0. The first-order valence-corrected chi connectivity index (χ1v) is 17.3. The molecule has 1 aliphatic rings. The maximum atomic E-state index is 2.61. The van der Waals surface area contributed by atoms with Gasteiger partial charge in [0.05, 0.1) is 11.0 Å². The van der Waals surface area contributed by atoms with Crippen LogP contribution >= 0.6 is 0 Å². The third-order valence-corrected chi connectivity index (χ3v) is 10.9. The lowest BCUT2D eigenvalue weighted by Gasteiger charge is -2.31. The van der Waals surface area contributed by atoms with Crippen molar-refractivity contribution in [1.29, 1.82) is 0 Å². The average Bonchev–Trinajstić information content (AvgIpc) is 3.49. The number of rotatable bonds is 3. The number of aromatic nitrogens is 1. The van der Waals surface area contributed by atoms with Crippen LogP contribution < -0.4 is 16.4 Å². The minimum Gasteiger partial charge on any atom is -0.310 e. The fourth-order valence-electron chi connectivity index (χ4n) is 9.19. The van der Waals surface area contributed by atoms with Crippen LogP contribution in [0.3, 0.4) is 0 Å². The highest BCUT2D eigenvalue weighted by Gasteiger charge is 2.38. The van der Waals surface area contributed by atoms with Crippen LogP contribution in [0.2, 0.25) is 0 Å². The van der Waals surface area contributed by atoms with Crippen molar-refractivity contribution in [3.05, 3.63) is 168 Å². The number of hydrogen-bond donors (Lipinski definition) is 0.